The zero-order valence-corrected chi connectivity index (χ0v) is 12.0. The molecular weight excluding hydrogens is 270 g/mol. The van der Waals surface area contributed by atoms with E-state index in [1.807, 2.05) is 38.1 Å². The fourth-order valence-corrected chi connectivity index (χ4v) is 3.31. The first-order valence-electron chi connectivity index (χ1n) is 5.46. The molecule has 0 amide bonds. The average molecular weight is 284 g/mol. The first-order chi connectivity index (χ1) is 8.32. The molecule has 2 rings (SSSR count). The molecule has 0 aromatic heterocycles. The summed E-state index contributed by atoms with van der Waals surface area (Å²) in [6.45, 7) is 2.00. The Morgan fingerprint density at radius 1 is 1.06 bits per heavy atom. The second kappa shape index (κ2) is 4.44. The van der Waals surface area contributed by atoms with Crippen molar-refractivity contribution in [3.8, 4) is 0 Å². The van der Waals surface area contributed by atoms with E-state index in [0.29, 0.717) is 5.39 Å². The van der Waals surface area contributed by atoms with Gasteiger partial charge in [0.1, 0.15) is 0 Å². The third-order valence-corrected chi connectivity index (χ3v) is 4.28. The van der Waals surface area contributed by atoms with Crippen molar-refractivity contribution in [1.29, 1.82) is 0 Å². The Bertz CT molecular complexity index is 708. The maximum atomic E-state index is 11.6. The molecule has 0 spiro atoms. The normalized spacial score (nSPS) is 11.8. The van der Waals surface area contributed by atoms with Gasteiger partial charge in [0.25, 0.3) is 9.05 Å². The van der Waals surface area contributed by atoms with Crippen LogP contribution in [0.1, 0.15) is 5.56 Å². The molecule has 0 aliphatic heterocycles. The molecule has 0 saturated heterocycles. The lowest BCUT2D eigenvalue weighted by molar-refractivity contribution is 0.610. The monoisotopic (exact) mass is 283 g/mol. The molecular formula is C13H14ClNO2S. The lowest BCUT2D eigenvalue weighted by Crippen LogP contribution is -2.11. The first kappa shape index (κ1) is 13.2. The SMILES string of the molecule is Cc1ccc2c(S(=O)(=O)Cl)cccc2c1N(C)C. The molecule has 2 aromatic carbocycles. The van der Waals surface area contributed by atoms with Crippen LogP contribution in [0.25, 0.3) is 10.8 Å². The van der Waals surface area contributed by atoms with Gasteiger partial charge in [-0.05, 0) is 18.6 Å². The van der Waals surface area contributed by atoms with Gasteiger partial charge in [-0.1, -0.05) is 24.3 Å². The Morgan fingerprint density at radius 2 is 1.72 bits per heavy atom. The van der Waals surface area contributed by atoms with Crippen LogP contribution in [-0.4, -0.2) is 22.5 Å². The number of aryl methyl sites for hydroxylation is 1. The Morgan fingerprint density at radius 3 is 2.28 bits per heavy atom. The van der Waals surface area contributed by atoms with Gasteiger partial charge < -0.3 is 4.90 Å². The van der Waals surface area contributed by atoms with E-state index in [4.69, 9.17) is 10.7 Å². The van der Waals surface area contributed by atoms with E-state index in [0.717, 1.165) is 16.6 Å². The molecule has 2 aromatic rings. The second-order valence-electron chi connectivity index (χ2n) is 4.41. The average Bonchev–Trinajstić information content (AvgIpc) is 2.25. The van der Waals surface area contributed by atoms with Crippen molar-refractivity contribution < 1.29 is 8.42 Å². The number of hydrogen-bond acceptors (Lipinski definition) is 3. The molecule has 0 bridgehead atoms. The Hall–Kier alpha value is -1.26. The number of anilines is 1. The van der Waals surface area contributed by atoms with Gasteiger partial charge in [0.05, 0.1) is 4.90 Å². The largest absolute Gasteiger partial charge is 0.377 e. The molecule has 0 heterocycles. The van der Waals surface area contributed by atoms with Crippen molar-refractivity contribution in [2.75, 3.05) is 19.0 Å². The smallest absolute Gasteiger partial charge is 0.261 e. The third kappa shape index (κ3) is 2.18. The maximum Gasteiger partial charge on any atom is 0.261 e. The van der Waals surface area contributed by atoms with Gasteiger partial charge in [0, 0.05) is 41.2 Å². The van der Waals surface area contributed by atoms with Crippen molar-refractivity contribution in [3.63, 3.8) is 0 Å². The highest BCUT2D eigenvalue weighted by molar-refractivity contribution is 8.14. The first-order valence-corrected chi connectivity index (χ1v) is 7.77. The molecule has 0 radical (unpaired) electrons. The lowest BCUT2D eigenvalue weighted by atomic mass is 10.0. The van der Waals surface area contributed by atoms with E-state index in [9.17, 15) is 8.42 Å². The van der Waals surface area contributed by atoms with Crippen LogP contribution in [0.2, 0.25) is 0 Å². The minimum absolute atomic E-state index is 0.157. The minimum Gasteiger partial charge on any atom is -0.377 e. The molecule has 0 unspecified atom stereocenters. The topological polar surface area (TPSA) is 37.4 Å². The second-order valence-corrected chi connectivity index (χ2v) is 6.95. The van der Waals surface area contributed by atoms with Crippen molar-refractivity contribution in [2.24, 2.45) is 0 Å². The van der Waals surface area contributed by atoms with E-state index in [-0.39, 0.29) is 4.90 Å². The molecule has 0 aliphatic rings. The van der Waals surface area contributed by atoms with Gasteiger partial charge in [-0.3, -0.25) is 0 Å². The van der Waals surface area contributed by atoms with Crippen molar-refractivity contribution in [1.82, 2.24) is 0 Å². The number of benzene rings is 2. The summed E-state index contributed by atoms with van der Waals surface area (Å²) in [5.74, 6) is 0. The highest BCUT2D eigenvalue weighted by atomic mass is 35.7. The highest BCUT2D eigenvalue weighted by Gasteiger charge is 2.16. The van der Waals surface area contributed by atoms with Gasteiger partial charge in [0.15, 0.2) is 0 Å². The van der Waals surface area contributed by atoms with Crippen LogP contribution >= 0.6 is 10.7 Å². The van der Waals surface area contributed by atoms with E-state index in [1.165, 1.54) is 6.07 Å². The van der Waals surface area contributed by atoms with Gasteiger partial charge in [-0.2, -0.15) is 0 Å². The minimum atomic E-state index is -3.73. The molecule has 0 fully saturated rings. The van der Waals surface area contributed by atoms with Gasteiger partial charge in [-0.25, -0.2) is 8.42 Å². The van der Waals surface area contributed by atoms with Crippen LogP contribution in [0, 0.1) is 6.92 Å². The molecule has 0 aliphatic carbocycles. The fraction of sp³-hybridized carbons (Fsp3) is 0.231. The van der Waals surface area contributed by atoms with Crippen LogP contribution in [-0.2, 0) is 9.05 Å². The fourth-order valence-electron chi connectivity index (χ4n) is 2.23. The van der Waals surface area contributed by atoms with E-state index in [1.54, 1.807) is 12.1 Å². The maximum absolute atomic E-state index is 11.6. The van der Waals surface area contributed by atoms with E-state index < -0.39 is 9.05 Å². The summed E-state index contributed by atoms with van der Waals surface area (Å²) in [6.07, 6.45) is 0. The van der Waals surface area contributed by atoms with Crippen molar-refractivity contribution >= 4 is 36.2 Å². The standard InChI is InChI=1S/C13H14ClNO2S/c1-9-7-8-10-11(13(9)15(2)3)5-4-6-12(10)18(14,16)17/h4-8H,1-3H3. The van der Waals surface area contributed by atoms with E-state index in [2.05, 4.69) is 0 Å². The summed E-state index contributed by atoms with van der Waals surface area (Å²) < 4.78 is 23.1. The molecule has 96 valence electrons. The number of hydrogen-bond donors (Lipinski definition) is 0. The molecule has 3 nitrogen and oxygen atoms in total. The summed E-state index contributed by atoms with van der Waals surface area (Å²) in [6, 6.07) is 8.85. The van der Waals surface area contributed by atoms with Gasteiger partial charge in [-0.15, -0.1) is 0 Å². The lowest BCUT2D eigenvalue weighted by Gasteiger charge is -2.19. The van der Waals surface area contributed by atoms with Gasteiger partial charge in [0.2, 0.25) is 0 Å². The van der Waals surface area contributed by atoms with Crippen LogP contribution in [0.5, 0.6) is 0 Å². The van der Waals surface area contributed by atoms with Crippen LogP contribution in [0.4, 0.5) is 5.69 Å². The summed E-state index contributed by atoms with van der Waals surface area (Å²) in [7, 11) is 5.61. The zero-order chi connectivity index (χ0) is 13.5. The summed E-state index contributed by atoms with van der Waals surface area (Å²) in [5.41, 5.74) is 2.10. The predicted octanol–water partition coefficient (Wildman–Crippen LogP) is 3.14. The molecule has 0 atom stereocenters. The number of rotatable bonds is 2. The molecule has 0 N–H and O–H groups in total. The van der Waals surface area contributed by atoms with Crippen LogP contribution < -0.4 is 4.90 Å². The number of nitrogens with zero attached hydrogens (tertiary/aromatic N) is 1. The predicted molar refractivity (Wildman–Crippen MR) is 76.1 cm³/mol. The Balaban J connectivity index is 2.95. The quantitative estimate of drug-likeness (QED) is 0.795. The number of fused-ring (bicyclic) bond motifs is 1. The third-order valence-electron chi connectivity index (χ3n) is 2.90. The summed E-state index contributed by atoms with van der Waals surface area (Å²) in [4.78, 5) is 2.13. The van der Waals surface area contributed by atoms with Crippen LogP contribution in [0.3, 0.4) is 0 Å². The zero-order valence-electron chi connectivity index (χ0n) is 10.4. The molecule has 5 heteroatoms. The van der Waals surface area contributed by atoms with E-state index >= 15 is 0 Å². The molecule has 0 saturated carbocycles. The van der Waals surface area contributed by atoms with Gasteiger partial charge >= 0.3 is 0 Å². The van der Waals surface area contributed by atoms with Crippen LogP contribution in [0.15, 0.2) is 35.2 Å². The Labute approximate surface area is 111 Å². The molecule has 18 heavy (non-hydrogen) atoms. The Kier molecular flexibility index (Phi) is 3.25. The summed E-state index contributed by atoms with van der Waals surface area (Å²) >= 11 is 0. The number of halogens is 1. The van der Waals surface area contributed by atoms with Crippen molar-refractivity contribution in [2.45, 2.75) is 11.8 Å². The van der Waals surface area contributed by atoms with Crippen molar-refractivity contribution in [3.05, 3.63) is 35.9 Å². The summed E-state index contributed by atoms with van der Waals surface area (Å²) in [5, 5.41) is 1.54. The highest BCUT2D eigenvalue weighted by Crippen LogP contribution is 2.33.